The molecule has 0 radical (unpaired) electrons. The van der Waals surface area contributed by atoms with Crippen LogP contribution in [0.1, 0.15) is 44.7 Å². The van der Waals surface area contributed by atoms with Gasteiger partial charge in [-0.3, -0.25) is 9.48 Å². The maximum Gasteiger partial charge on any atom is 0.138 e. The van der Waals surface area contributed by atoms with Crippen molar-refractivity contribution >= 4 is 5.78 Å². The molecule has 0 spiro atoms. The molecule has 84 valence electrons. The predicted octanol–water partition coefficient (Wildman–Crippen LogP) is 2.50. The lowest BCUT2D eigenvalue weighted by molar-refractivity contribution is -0.118. The molecule has 1 aromatic heterocycles. The van der Waals surface area contributed by atoms with Crippen molar-refractivity contribution in [2.75, 3.05) is 0 Å². The summed E-state index contributed by atoms with van der Waals surface area (Å²) < 4.78 is 1.74. The third-order valence-corrected chi connectivity index (χ3v) is 2.46. The van der Waals surface area contributed by atoms with Crippen molar-refractivity contribution in [3.63, 3.8) is 0 Å². The molecule has 3 heteroatoms. The molecule has 0 fully saturated rings. The van der Waals surface area contributed by atoms with Gasteiger partial charge in [-0.05, 0) is 12.5 Å². The molecule has 0 bridgehead atoms. The molecule has 3 nitrogen and oxygen atoms in total. The van der Waals surface area contributed by atoms with Crippen LogP contribution >= 0.6 is 0 Å². The minimum Gasteiger partial charge on any atom is -0.299 e. The van der Waals surface area contributed by atoms with Crippen molar-refractivity contribution in [3.05, 3.63) is 18.0 Å². The van der Waals surface area contributed by atoms with E-state index in [0.717, 1.165) is 12.1 Å². The SMILES string of the molecule is CCCCCCC(=O)Cc1ccn(C)n1. The Bertz CT molecular complexity index is 304. The maximum atomic E-state index is 11.5. The van der Waals surface area contributed by atoms with Gasteiger partial charge in [-0.15, -0.1) is 0 Å². The Labute approximate surface area is 91.5 Å². The van der Waals surface area contributed by atoms with Crippen LogP contribution in [-0.4, -0.2) is 15.6 Å². The summed E-state index contributed by atoms with van der Waals surface area (Å²) in [6, 6.07) is 1.91. The van der Waals surface area contributed by atoms with E-state index in [4.69, 9.17) is 0 Å². The molecule has 1 aromatic rings. The molecule has 0 aliphatic rings. The average molecular weight is 208 g/mol. The summed E-state index contributed by atoms with van der Waals surface area (Å²) in [6.07, 6.45) is 7.72. The largest absolute Gasteiger partial charge is 0.299 e. The van der Waals surface area contributed by atoms with E-state index in [9.17, 15) is 4.79 Å². The molecular weight excluding hydrogens is 188 g/mol. The molecule has 0 aromatic carbocycles. The zero-order valence-electron chi connectivity index (χ0n) is 9.70. The lowest BCUT2D eigenvalue weighted by Gasteiger charge is -1.98. The Kier molecular flexibility index (Phi) is 5.08. The quantitative estimate of drug-likeness (QED) is 0.645. The Morgan fingerprint density at radius 3 is 2.80 bits per heavy atom. The number of aromatic nitrogens is 2. The summed E-state index contributed by atoms with van der Waals surface area (Å²) in [4.78, 5) is 11.5. The van der Waals surface area contributed by atoms with Crippen LogP contribution in [0.5, 0.6) is 0 Å². The van der Waals surface area contributed by atoms with Gasteiger partial charge in [0.25, 0.3) is 0 Å². The number of ketones is 1. The van der Waals surface area contributed by atoms with Gasteiger partial charge in [-0.25, -0.2) is 0 Å². The van der Waals surface area contributed by atoms with Gasteiger partial charge in [0, 0.05) is 19.7 Å². The van der Waals surface area contributed by atoms with Gasteiger partial charge in [0.15, 0.2) is 0 Å². The highest BCUT2D eigenvalue weighted by Crippen LogP contribution is 2.05. The molecule has 0 aliphatic heterocycles. The van der Waals surface area contributed by atoms with Crippen molar-refractivity contribution in [3.8, 4) is 0 Å². The van der Waals surface area contributed by atoms with E-state index < -0.39 is 0 Å². The highest BCUT2D eigenvalue weighted by atomic mass is 16.1. The highest BCUT2D eigenvalue weighted by molar-refractivity contribution is 5.80. The van der Waals surface area contributed by atoms with Crippen LogP contribution in [0.2, 0.25) is 0 Å². The fourth-order valence-electron chi connectivity index (χ4n) is 1.60. The summed E-state index contributed by atoms with van der Waals surface area (Å²) in [5.41, 5.74) is 0.887. The Balaban J connectivity index is 2.18. The molecule has 0 atom stereocenters. The van der Waals surface area contributed by atoms with E-state index in [1.54, 1.807) is 4.68 Å². The van der Waals surface area contributed by atoms with Crippen molar-refractivity contribution < 1.29 is 4.79 Å². The number of hydrogen-bond donors (Lipinski definition) is 0. The molecule has 0 amide bonds. The monoisotopic (exact) mass is 208 g/mol. The molecular formula is C12H20N2O. The van der Waals surface area contributed by atoms with Crippen LogP contribution in [0.25, 0.3) is 0 Å². The van der Waals surface area contributed by atoms with E-state index in [1.807, 2.05) is 19.3 Å². The summed E-state index contributed by atoms with van der Waals surface area (Å²) >= 11 is 0. The first-order chi connectivity index (χ1) is 7.22. The number of unbranched alkanes of at least 4 members (excludes halogenated alkanes) is 3. The van der Waals surface area contributed by atoms with Crippen LogP contribution < -0.4 is 0 Å². The molecule has 1 rings (SSSR count). The first kappa shape index (κ1) is 12.0. The Morgan fingerprint density at radius 2 is 2.20 bits per heavy atom. The van der Waals surface area contributed by atoms with Crippen molar-refractivity contribution in [2.45, 2.75) is 45.4 Å². The Morgan fingerprint density at radius 1 is 1.40 bits per heavy atom. The second-order valence-corrected chi connectivity index (χ2v) is 4.01. The summed E-state index contributed by atoms with van der Waals surface area (Å²) in [7, 11) is 1.87. The fourth-order valence-corrected chi connectivity index (χ4v) is 1.60. The fraction of sp³-hybridized carbons (Fsp3) is 0.667. The molecule has 1 heterocycles. The minimum absolute atomic E-state index is 0.310. The van der Waals surface area contributed by atoms with Crippen LogP contribution in [0.15, 0.2) is 12.3 Å². The van der Waals surface area contributed by atoms with Gasteiger partial charge in [-0.2, -0.15) is 5.10 Å². The van der Waals surface area contributed by atoms with Crippen LogP contribution in [0.3, 0.4) is 0 Å². The minimum atomic E-state index is 0.310. The molecule has 15 heavy (non-hydrogen) atoms. The Hall–Kier alpha value is -1.12. The zero-order chi connectivity index (χ0) is 11.1. The first-order valence-corrected chi connectivity index (χ1v) is 5.72. The van der Waals surface area contributed by atoms with E-state index in [0.29, 0.717) is 18.6 Å². The van der Waals surface area contributed by atoms with Crippen molar-refractivity contribution in [1.29, 1.82) is 0 Å². The van der Waals surface area contributed by atoms with Gasteiger partial charge in [0.05, 0.1) is 12.1 Å². The number of hydrogen-bond acceptors (Lipinski definition) is 2. The standard InChI is InChI=1S/C12H20N2O/c1-3-4-5-6-7-12(15)10-11-8-9-14(2)13-11/h8-9H,3-7,10H2,1-2H3. The van der Waals surface area contributed by atoms with E-state index in [-0.39, 0.29) is 0 Å². The third-order valence-electron chi connectivity index (χ3n) is 2.46. The molecule has 0 N–H and O–H groups in total. The second-order valence-electron chi connectivity index (χ2n) is 4.01. The topological polar surface area (TPSA) is 34.9 Å². The van der Waals surface area contributed by atoms with Crippen LogP contribution in [0.4, 0.5) is 0 Å². The van der Waals surface area contributed by atoms with Gasteiger partial charge >= 0.3 is 0 Å². The number of carbonyl (C=O) groups excluding carboxylic acids is 1. The molecule has 0 saturated carbocycles. The number of carbonyl (C=O) groups is 1. The second kappa shape index (κ2) is 6.38. The smallest absolute Gasteiger partial charge is 0.138 e. The zero-order valence-corrected chi connectivity index (χ0v) is 9.70. The molecule has 0 saturated heterocycles. The van der Waals surface area contributed by atoms with Gasteiger partial charge in [-0.1, -0.05) is 26.2 Å². The summed E-state index contributed by atoms with van der Waals surface area (Å²) in [5, 5.41) is 4.19. The van der Waals surface area contributed by atoms with E-state index in [1.165, 1.54) is 19.3 Å². The summed E-state index contributed by atoms with van der Waals surface area (Å²) in [6.45, 7) is 2.18. The highest BCUT2D eigenvalue weighted by Gasteiger charge is 2.05. The van der Waals surface area contributed by atoms with Gasteiger partial charge in [0.1, 0.15) is 5.78 Å². The predicted molar refractivity (Wildman–Crippen MR) is 60.7 cm³/mol. The maximum absolute atomic E-state index is 11.5. The number of rotatable bonds is 7. The van der Waals surface area contributed by atoms with E-state index >= 15 is 0 Å². The number of nitrogens with zero attached hydrogens (tertiary/aromatic N) is 2. The van der Waals surface area contributed by atoms with Crippen molar-refractivity contribution in [1.82, 2.24) is 9.78 Å². The molecule has 0 aliphatic carbocycles. The lowest BCUT2D eigenvalue weighted by Crippen LogP contribution is -2.03. The third kappa shape index (κ3) is 4.77. The molecule has 0 unspecified atom stereocenters. The van der Waals surface area contributed by atoms with Crippen LogP contribution in [-0.2, 0) is 18.3 Å². The normalized spacial score (nSPS) is 10.5. The van der Waals surface area contributed by atoms with E-state index in [2.05, 4.69) is 12.0 Å². The van der Waals surface area contributed by atoms with Gasteiger partial charge in [0.2, 0.25) is 0 Å². The average Bonchev–Trinajstić information content (AvgIpc) is 2.59. The number of Topliss-reactive ketones (excluding diaryl/α,β-unsaturated/α-hetero) is 1. The van der Waals surface area contributed by atoms with Gasteiger partial charge < -0.3 is 0 Å². The lowest BCUT2D eigenvalue weighted by atomic mass is 10.1. The number of aryl methyl sites for hydroxylation is 1. The van der Waals surface area contributed by atoms with Crippen molar-refractivity contribution in [2.24, 2.45) is 7.05 Å². The van der Waals surface area contributed by atoms with Crippen LogP contribution in [0, 0.1) is 0 Å². The first-order valence-electron chi connectivity index (χ1n) is 5.72. The summed E-state index contributed by atoms with van der Waals surface area (Å²) in [5.74, 6) is 0.310.